The molecule has 2 saturated heterocycles. The van der Waals surface area contributed by atoms with Crippen molar-refractivity contribution < 1.29 is 23.9 Å². The van der Waals surface area contributed by atoms with Gasteiger partial charge >= 0.3 is 6.09 Å². The maximum atomic E-state index is 13.0. The van der Waals surface area contributed by atoms with Crippen molar-refractivity contribution in [2.24, 2.45) is 5.92 Å². The Kier molecular flexibility index (Phi) is 6.58. The Morgan fingerprint density at radius 3 is 2.32 bits per heavy atom. The van der Waals surface area contributed by atoms with Crippen LogP contribution in [0.1, 0.15) is 48.0 Å². The average Bonchev–Trinajstić information content (AvgIpc) is 2.79. The monoisotopic (exact) mass is 414 g/mol. The minimum atomic E-state index is -1.87. The summed E-state index contributed by atoms with van der Waals surface area (Å²) in [6, 6.07) is -0.550. The van der Waals surface area contributed by atoms with Gasteiger partial charge in [0.05, 0.1) is 19.3 Å². The van der Waals surface area contributed by atoms with Crippen molar-refractivity contribution in [2.75, 3.05) is 26.2 Å². The van der Waals surface area contributed by atoms with Gasteiger partial charge in [0.2, 0.25) is 5.91 Å². The van der Waals surface area contributed by atoms with Crippen LogP contribution in [0.3, 0.4) is 0 Å². The molecular formula is C20H38N2O5Si. The van der Waals surface area contributed by atoms with E-state index in [1.165, 1.54) is 4.90 Å². The van der Waals surface area contributed by atoms with E-state index in [1.54, 1.807) is 25.7 Å². The van der Waals surface area contributed by atoms with Crippen molar-refractivity contribution in [1.29, 1.82) is 0 Å². The molecule has 0 spiro atoms. The van der Waals surface area contributed by atoms with Gasteiger partial charge in [0.25, 0.3) is 0 Å². The van der Waals surface area contributed by atoms with Crippen molar-refractivity contribution in [3.63, 3.8) is 0 Å². The molecule has 2 aliphatic heterocycles. The third kappa shape index (κ3) is 5.27. The lowest BCUT2D eigenvalue weighted by Gasteiger charge is -2.38. The standard InChI is InChI=1S/C20H38N2O5Si/c1-19(2,3)27-18(25)22-13-15(23)11-14-12-21(17(24)16(14)22)9-10-26-28(7,8)20(4,5)6/h14-16,23H,9-13H2,1-8H3/t14-,15-,16-/m0/s1. The quantitative estimate of drug-likeness (QED) is 0.716. The lowest BCUT2D eigenvalue weighted by atomic mass is 9.90. The normalized spacial score (nSPS) is 26.5. The van der Waals surface area contributed by atoms with Crippen molar-refractivity contribution in [1.82, 2.24) is 9.80 Å². The van der Waals surface area contributed by atoms with Crippen LogP contribution in [0.5, 0.6) is 0 Å². The topological polar surface area (TPSA) is 79.3 Å². The summed E-state index contributed by atoms with van der Waals surface area (Å²) in [6.45, 7) is 18.0. The van der Waals surface area contributed by atoms with Crippen LogP contribution in [-0.2, 0) is 14.0 Å². The molecule has 7 nitrogen and oxygen atoms in total. The van der Waals surface area contributed by atoms with Gasteiger partial charge in [0, 0.05) is 19.0 Å². The first-order valence-electron chi connectivity index (χ1n) is 10.2. The Balaban J connectivity index is 2.03. The number of amides is 2. The third-order valence-electron chi connectivity index (χ3n) is 6.04. The predicted molar refractivity (Wildman–Crippen MR) is 111 cm³/mol. The molecule has 3 atom stereocenters. The van der Waals surface area contributed by atoms with E-state index in [9.17, 15) is 14.7 Å². The number of hydrogen-bond donors (Lipinski definition) is 1. The molecule has 0 unspecified atom stereocenters. The van der Waals surface area contributed by atoms with E-state index in [0.717, 1.165) is 0 Å². The summed E-state index contributed by atoms with van der Waals surface area (Å²) < 4.78 is 11.7. The number of aliphatic hydroxyl groups excluding tert-OH is 1. The summed E-state index contributed by atoms with van der Waals surface area (Å²) in [5, 5.41) is 10.3. The molecule has 0 aliphatic carbocycles. The minimum Gasteiger partial charge on any atom is -0.444 e. The summed E-state index contributed by atoms with van der Waals surface area (Å²) in [5.74, 6) is -0.141. The number of hydrogen-bond acceptors (Lipinski definition) is 5. The van der Waals surface area contributed by atoms with Gasteiger partial charge in [-0.3, -0.25) is 9.69 Å². The van der Waals surface area contributed by atoms with Crippen molar-refractivity contribution in [2.45, 2.75) is 83.8 Å². The van der Waals surface area contributed by atoms with Crippen LogP contribution in [-0.4, -0.2) is 79.2 Å². The molecule has 0 aromatic rings. The SMILES string of the molecule is CC(C)(C)OC(=O)N1C[C@@H](O)C[C@H]2CN(CCO[Si](C)(C)C(C)(C)C)C(=O)[C@H]21. The molecule has 0 aromatic heterocycles. The molecule has 8 heteroatoms. The predicted octanol–water partition coefficient (Wildman–Crippen LogP) is 2.84. The number of fused-ring (bicyclic) bond motifs is 1. The number of piperidine rings is 1. The highest BCUT2D eigenvalue weighted by Gasteiger charge is 2.50. The van der Waals surface area contributed by atoms with Crippen LogP contribution in [0.15, 0.2) is 0 Å². The molecule has 1 N–H and O–H groups in total. The highest BCUT2D eigenvalue weighted by Crippen LogP contribution is 2.37. The third-order valence-corrected chi connectivity index (χ3v) is 10.6. The van der Waals surface area contributed by atoms with E-state index in [2.05, 4.69) is 33.9 Å². The number of carbonyl (C=O) groups is 2. The van der Waals surface area contributed by atoms with Crippen LogP contribution in [0.25, 0.3) is 0 Å². The number of ether oxygens (including phenoxy) is 1. The lowest BCUT2D eigenvalue weighted by Crippen LogP contribution is -2.55. The number of carbonyl (C=O) groups excluding carboxylic acids is 2. The fourth-order valence-corrected chi connectivity index (χ4v) is 4.59. The van der Waals surface area contributed by atoms with Crippen molar-refractivity contribution in [3.8, 4) is 0 Å². The van der Waals surface area contributed by atoms with Crippen molar-refractivity contribution in [3.05, 3.63) is 0 Å². The first-order valence-corrected chi connectivity index (χ1v) is 13.1. The highest BCUT2D eigenvalue weighted by molar-refractivity contribution is 6.74. The number of rotatable bonds is 4. The van der Waals surface area contributed by atoms with E-state index >= 15 is 0 Å². The molecule has 2 aliphatic rings. The first-order chi connectivity index (χ1) is 12.6. The zero-order valence-electron chi connectivity index (χ0n) is 18.7. The zero-order valence-corrected chi connectivity index (χ0v) is 19.7. The van der Waals surface area contributed by atoms with Crippen LogP contribution in [0.4, 0.5) is 4.79 Å². The van der Waals surface area contributed by atoms with Crippen LogP contribution >= 0.6 is 0 Å². The molecule has 2 fully saturated rings. The molecule has 0 aromatic carbocycles. The second kappa shape index (κ2) is 7.95. The number of likely N-dealkylation sites (tertiary alicyclic amines) is 2. The second-order valence-corrected chi connectivity index (χ2v) is 15.4. The largest absolute Gasteiger partial charge is 0.444 e. The van der Waals surface area contributed by atoms with Crippen LogP contribution < -0.4 is 0 Å². The molecule has 28 heavy (non-hydrogen) atoms. The van der Waals surface area contributed by atoms with Crippen molar-refractivity contribution >= 4 is 20.3 Å². The molecule has 0 radical (unpaired) electrons. The second-order valence-electron chi connectivity index (χ2n) is 10.6. The lowest BCUT2D eigenvalue weighted by molar-refractivity contribution is -0.134. The Bertz CT molecular complexity index is 596. The highest BCUT2D eigenvalue weighted by atomic mass is 28.4. The minimum absolute atomic E-state index is 0.0680. The number of nitrogens with zero attached hydrogens (tertiary/aromatic N) is 2. The Labute approximate surface area is 170 Å². The first kappa shape index (κ1) is 23.2. The Hall–Kier alpha value is -1.12. The molecule has 2 heterocycles. The van der Waals surface area contributed by atoms with Gasteiger partial charge in [0.15, 0.2) is 8.32 Å². The summed E-state index contributed by atoms with van der Waals surface area (Å²) in [7, 11) is -1.87. The van der Waals surface area contributed by atoms with Gasteiger partial charge in [0.1, 0.15) is 11.6 Å². The van der Waals surface area contributed by atoms with Gasteiger partial charge in [-0.25, -0.2) is 4.79 Å². The van der Waals surface area contributed by atoms with E-state index in [0.29, 0.717) is 26.1 Å². The number of aliphatic hydroxyl groups is 1. The van der Waals surface area contributed by atoms with Crippen LogP contribution in [0, 0.1) is 5.92 Å². The summed E-state index contributed by atoms with van der Waals surface area (Å²) in [6.07, 6.45) is -0.645. The summed E-state index contributed by atoms with van der Waals surface area (Å²) in [4.78, 5) is 28.8. The molecule has 162 valence electrons. The smallest absolute Gasteiger partial charge is 0.411 e. The zero-order chi connectivity index (χ0) is 21.5. The molecular weight excluding hydrogens is 376 g/mol. The number of β-amino-alcohol motifs (C(OH)–C–C–N with tert-alkyl or cyclic N) is 1. The fourth-order valence-electron chi connectivity index (χ4n) is 3.56. The molecule has 2 amide bonds. The fraction of sp³-hybridized carbons (Fsp3) is 0.900. The van der Waals surface area contributed by atoms with Gasteiger partial charge in [-0.1, -0.05) is 20.8 Å². The van der Waals surface area contributed by atoms with Gasteiger partial charge in [-0.2, -0.15) is 0 Å². The van der Waals surface area contributed by atoms with E-state index in [-0.39, 0.29) is 23.4 Å². The summed E-state index contributed by atoms with van der Waals surface area (Å²) in [5.41, 5.74) is -0.646. The molecule has 2 rings (SSSR count). The van der Waals surface area contributed by atoms with Gasteiger partial charge < -0.3 is 19.2 Å². The maximum absolute atomic E-state index is 13.0. The Morgan fingerprint density at radius 1 is 1.18 bits per heavy atom. The Morgan fingerprint density at radius 2 is 1.79 bits per heavy atom. The van der Waals surface area contributed by atoms with E-state index in [1.807, 2.05) is 0 Å². The maximum Gasteiger partial charge on any atom is 0.411 e. The van der Waals surface area contributed by atoms with E-state index < -0.39 is 32.2 Å². The van der Waals surface area contributed by atoms with E-state index in [4.69, 9.17) is 9.16 Å². The van der Waals surface area contributed by atoms with Gasteiger partial charge in [-0.05, 0) is 45.3 Å². The average molecular weight is 415 g/mol. The van der Waals surface area contributed by atoms with Crippen LogP contribution in [0.2, 0.25) is 18.1 Å². The molecule has 0 saturated carbocycles. The summed E-state index contributed by atoms with van der Waals surface area (Å²) >= 11 is 0. The molecule has 0 bridgehead atoms. The van der Waals surface area contributed by atoms with Gasteiger partial charge in [-0.15, -0.1) is 0 Å².